The monoisotopic (exact) mass is 528 g/mol. The van der Waals surface area contributed by atoms with Crippen molar-refractivity contribution < 1.29 is 29.0 Å². The topological polar surface area (TPSA) is 105 Å². The van der Waals surface area contributed by atoms with Crippen LogP contribution in [-0.4, -0.2) is 36.9 Å². The normalized spacial score (nSPS) is 16.8. The Balaban J connectivity index is 1.91. The summed E-state index contributed by atoms with van der Waals surface area (Å²) in [4.78, 5) is 39.8. The van der Waals surface area contributed by atoms with Crippen molar-refractivity contribution in [2.45, 2.75) is 39.2 Å². The predicted molar refractivity (Wildman–Crippen MR) is 150 cm³/mol. The molecule has 8 heteroatoms. The van der Waals surface area contributed by atoms with Crippen molar-refractivity contribution in [2.75, 3.05) is 24.4 Å². The van der Waals surface area contributed by atoms with E-state index in [-0.39, 0.29) is 28.2 Å². The van der Waals surface area contributed by atoms with Crippen molar-refractivity contribution in [3.63, 3.8) is 0 Å². The molecule has 1 unspecified atom stereocenters. The highest BCUT2D eigenvalue weighted by atomic mass is 16.5. The summed E-state index contributed by atoms with van der Waals surface area (Å²) in [6, 6.07) is 18.2. The SMILES string of the molecule is COc1ccc(/C(O)=C2/C(=O)C(=O)N(c3ccc(NC(C)=O)cc3)C2c2ccc(C(C)(C)C)cc2)c(OC)c1. The largest absolute Gasteiger partial charge is 0.507 e. The summed E-state index contributed by atoms with van der Waals surface area (Å²) < 4.78 is 10.7. The first-order valence-corrected chi connectivity index (χ1v) is 12.5. The number of carbonyl (C=O) groups excluding carboxylic acids is 3. The summed E-state index contributed by atoms with van der Waals surface area (Å²) in [5.41, 5.74) is 2.83. The fourth-order valence-electron chi connectivity index (χ4n) is 4.63. The molecule has 8 nitrogen and oxygen atoms in total. The minimum atomic E-state index is -0.905. The molecule has 2 N–H and O–H groups in total. The van der Waals surface area contributed by atoms with Gasteiger partial charge in [0.15, 0.2) is 0 Å². The van der Waals surface area contributed by atoms with E-state index >= 15 is 0 Å². The molecule has 39 heavy (non-hydrogen) atoms. The van der Waals surface area contributed by atoms with Crippen molar-refractivity contribution in [2.24, 2.45) is 0 Å². The Morgan fingerprint density at radius 2 is 1.56 bits per heavy atom. The van der Waals surface area contributed by atoms with Crippen LogP contribution in [0.5, 0.6) is 11.5 Å². The average molecular weight is 529 g/mol. The van der Waals surface area contributed by atoms with E-state index in [2.05, 4.69) is 26.1 Å². The number of rotatable bonds is 6. The Morgan fingerprint density at radius 1 is 0.923 bits per heavy atom. The van der Waals surface area contributed by atoms with Crippen molar-refractivity contribution in [1.82, 2.24) is 0 Å². The molecule has 0 aromatic heterocycles. The summed E-state index contributed by atoms with van der Waals surface area (Å²) in [6.07, 6.45) is 0. The maximum Gasteiger partial charge on any atom is 0.300 e. The Kier molecular flexibility index (Phi) is 7.49. The zero-order valence-electron chi connectivity index (χ0n) is 22.9. The fraction of sp³-hybridized carbons (Fsp3) is 0.258. The van der Waals surface area contributed by atoms with Gasteiger partial charge in [-0.1, -0.05) is 45.0 Å². The van der Waals surface area contributed by atoms with Crippen LogP contribution in [0.25, 0.3) is 5.76 Å². The van der Waals surface area contributed by atoms with Gasteiger partial charge in [-0.25, -0.2) is 0 Å². The van der Waals surface area contributed by atoms with E-state index in [9.17, 15) is 19.5 Å². The molecule has 0 spiro atoms. The second-order valence-corrected chi connectivity index (χ2v) is 10.3. The molecule has 1 aliphatic rings. The smallest absolute Gasteiger partial charge is 0.300 e. The van der Waals surface area contributed by atoms with E-state index in [1.807, 2.05) is 24.3 Å². The summed E-state index contributed by atoms with van der Waals surface area (Å²) in [5, 5.41) is 14.2. The first-order valence-electron chi connectivity index (χ1n) is 12.5. The molecule has 0 aliphatic carbocycles. The number of nitrogens with one attached hydrogen (secondary N) is 1. The maximum absolute atomic E-state index is 13.5. The molecule has 1 saturated heterocycles. The van der Waals surface area contributed by atoms with Crippen LogP contribution >= 0.6 is 0 Å². The quantitative estimate of drug-likeness (QED) is 0.246. The average Bonchev–Trinajstić information content (AvgIpc) is 3.17. The Hall–Kier alpha value is -4.59. The molecule has 0 saturated carbocycles. The molecule has 1 aliphatic heterocycles. The maximum atomic E-state index is 13.5. The zero-order chi connectivity index (χ0) is 28.5. The first-order chi connectivity index (χ1) is 18.5. The van der Waals surface area contributed by atoms with Crippen molar-refractivity contribution in [1.29, 1.82) is 0 Å². The predicted octanol–water partition coefficient (Wildman–Crippen LogP) is 5.59. The van der Waals surface area contributed by atoms with E-state index in [1.54, 1.807) is 42.5 Å². The minimum Gasteiger partial charge on any atom is -0.507 e. The summed E-state index contributed by atoms with van der Waals surface area (Å²) in [5.74, 6) is -1.37. The van der Waals surface area contributed by atoms with E-state index in [0.717, 1.165) is 5.56 Å². The van der Waals surface area contributed by atoms with Crippen LogP contribution in [0.4, 0.5) is 11.4 Å². The number of ketones is 1. The first kappa shape index (κ1) is 27.4. The molecule has 1 atom stereocenters. The van der Waals surface area contributed by atoms with Crippen LogP contribution in [0.3, 0.4) is 0 Å². The summed E-state index contributed by atoms with van der Waals surface area (Å²) in [7, 11) is 2.96. The molecule has 4 rings (SSSR count). The van der Waals surface area contributed by atoms with E-state index in [4.69, 9.17) is 9.47 Å². The number of carbonyl (C=O) groups is 3. The molecule has 3 aromatic rings. The lowest BCUT2D eigenvalue weighted by Crippen LogP contribution is -2.29. The second-order valence-electron chi connectivity index (χ2n) is 10.3. The van der Waals surface area contributed by atoms with Crippen LogP contribution in [0.15, 0.2) is 72.3 Å². The van der Waals surface area contributed by atoms with Gasteiger partial charge in [0, 0.05) is 24.4 Å². The number of aliphatic hydroxyl groups excluding tert-OH is 1. The third kappa shape index (κ3) is 5.36. The highest BCUT2D eigenvalue weighted by molar-refractivity contribution is 6.51. The van der Waals surface area contributed by atoms with Gasteiger partial charge in [0.2, 0.25) is 5.91 Å². The molecule has 1 fully saturated rings. The van der Waals surface area contributed by atoms with Gasteiger partial charge in [-0.3, -0.25) is 19.3 Å². The van der Waals surface area contributed by atoms with Crippen LogP contribution < -0.4 is 19.7 Å². The third-order valence-electron chi connectivity index (χ3n) is 6.67. The van der Waals surface area contributed by atoms with Crippen molar-refractivity contribution in [3.8, 4) is 11.5 Å². The molecule has 2 amide bonds. The van der Waals surface area contributed by atoms with Crippen molar-refractivity contribution in [3.05, 3.63) is 89.0 Å². The van der Waals surface area contributed by atoms with Gasteiger partial charge in [0.05, 0.1) is 31.4 Å². The van der Waals surface area contributed by atoms with E-state index in [0.29, 0.717) is 28.4 Å². The zero-order valence-corrected chi connectivity index (χ0v) is 22.9. The lowest BCUT2D eigenvalue weighted by Gasteiger charge is -2.27. The number of methoxy groups -OCH3 is 2. The van der Waals surface area contributed by atoms with Crippen LogP contribution in [0, 0.1) is 0 Å². The van der Waals surface area contributed by atoms with E-state index in [1.165, 1.54) is 26.0 Å². The highest BCUT2D eigenvalue weighted by Crippen LogP contribution is 2.44. The number of aliphatic hydroxyl groups is 1. The number of amides is 2. The van der Waals surface area contributed by atoms with Gasteiger partial charge in [0.1, 0.15) is 17.3 Å². The van der Waals surface area contributed by atoms with Gasteiger partial charge >= 0.3 is 0 Å². The van der Waals surface area contributed by atoms with Gasteiger partial charge < -0.3 is 19.9 Å². The van der Waals surface area contributed by atoms with Crippen LogP contribution in [0.1, 0.15) is 50.4 Å². The lowest BCUT2D eigenvalue weighted by atomic mass is 9.85. The molecule has 202 valence electrons. The van der Waals surface area contributed by atoms with Crippen LogP contribution in [-0.2, 0) is 19.8 Å². The lowest BCUT2D eigenvalue weighted by molar-refractivity contribution is -0.132. The fourth-order valence-corrected chi connectivity index (χ4v) is 4.63. The van der Waals surface area contributed by atoms with Crippen LogP contribution in [0.2, 0.25) is 0 Å². The highest BCUT2D eigenvalue weighted by Gasteiger charge is 2.47. The number of hydrogen-bond acceptors (Lipinski definition) is 6. The molecule has 1 heterocycles. The summed E-state index contributed by atoms with van der Waals surface area (Å²) in [6.45, 7) is 7.70. The van der Waals surface area contributed by atoms with Gasteiger partial charge in [-0.2, -0.15) is 0 Å². The second kappa shape index (κ2) is 10.6. The summed E-state index contributed by atoms with van der Waals surface area (Å²) >= 11 is 0. The van der Waals surface area contributed by atoms with Gasteiger partial charge in [-0.15, -0.1) is 0 Å². The number of anilines is 2. The van der Waals surface area contributed by atoms with Gasteiger partial charge in [-0.05, 0) is 52.9 Å². The third-order valence-corrected chi connectivity index (χ3v) is 6.67. The number of nitrogens with zero attached hydrogens (tertiary/aromatic N) is 1. The van der Waals surface area contributed by atoms with Gasteiger partial charge in [0.25, 0.3) is 11.7 Å². The Labute approximate surface area is 227 Å². The van der Waals surface area contributed by atoms with E-state index < -0.39 is 17.7 Å². The Morgan fingerprint density at radius 3 is 2.10 bits per heavy atom. The molecule has 0 bridgehead atoms. The number of Topliss-reactive ketones (excluding diaryl/α,β-unsaturated/α-hetero) is 1. The Bertz CT molecular complexity index is 1450. The molecular weight excluding hydrogens is 496 g/mol. The number of benzene rings is 3. The molecule has 3 aromatic carbocycles. The minimum absolute atomic E-state index is 0.0575. The number of hydrogen-bond donors (Lipinski definition) is 2. The number of ether oxygens (including phenoxy) is 2. The molecule has 0 radical (unpaired) electrons. The van der Waals surface area contributed by atoms with Crippen molar-refractivity contribution >= 4 is 34.7 Å². The standard InChI is InChI=1S/C31H32N2O6/c1-18(34)32-21-11-13-22(14-12-21)33-27(19-7-9-20(10-8-19)31(2,3)4)26(29(36)30(33)37)28(35)24-16-15-23(38-5)17-25(24)39-6/h7-17,27,35H,1-6H3,(H,32,34)/b28-26-. The molecular formula is C31H32N2O6.